The van der Waals surface area contributed by atoms with E-state index in [0.717, 1.165) is 12.1 Å². The van der Waals surface area contributed by atoms with Gasteiger partial charge in [-0.2, -0.15) is 0 Å². The van der Waals surface area contributed by atoms with Crippen molar-refractivity contribution in [3.05, 3.63) is 53.4 Å². The fourth-order valence-electron chi connectivity index (χ4n) is 2.67. The molecule has 0 saturated carbocycles. The number of aliphatic hydroxyl groups excluding tert-OH is 1. The first-order valence-corrected chi connectivity index (χ1v) is 6.40. The lowest BCUT2D eigenvalue weighted by Crippen LogP contribution is -2.25. The molecule has 1 aromatic carbocycles. The van der Waals surface area contributed by atoms with E-state index >= 15 is 0 Å². The highest BCUT2D eigenvalue weighted by atomic mass is 19.1. The molecule has 2 heterocycles. The van der Waals surface area contributed by atoms with Gasteiger partial charge in [-0.05, 0) is 24.6 Å². The van der Waals surface area contributed by atoms with Crippen LogP contribution in [-0.2, 0) is 6.54 Å². The largest absolute Gasteiger partial charge is 0.392 e. The Balaban J connectivity index is 1.87. The molecule has 0 amide bonds. The molecule has 0 radical (unpaired) electrons. The van der Waals surface area contributed by atoms with Gasteiger partial charge in [0.05, 0.1) is 11.8 Å². The first-order chi connectivity index (χ1) is 9.63. The summed E-state index contributed by atoms with van der Waals surface area (Å²) >= 11 is 0. The molecule has 0 spiro atoms. The Bertz CT molecular complexity index is 589. The minimum atomic E-state index is -0.561. The highest BCUT2D eigenvalue weighted by molar-refractivity contribution is 5.24. The van der Waals surface area contributed by atoms with Crippen LogP contribution in [0.5, 0.6) is 0 Å². The highest BCUT2D eigenvalue weighted by Crippen LogP contribution is 2.34. The predicted molar refractivity (Wildman–Crippen MR) is 66.6 cm³/mol. The summed E-state index contributed by atoms with van der Waals surface area (Å²) in [5.41, 5.74) is 0.964. The summed E-state index contributed by atoms with van der Waals surface area (Å²) in [5, 5.41) is 13.6. The van der Waals surface area contributed by atoms with Gasteiger partial charge in [0.2, 0.25) is 0 Å². The number of aliphatic hydroxyl groups is 1. The predicted octanol–water partition coefficient (Wildman–Crippen LogP) is 2.26. The van der Waals surface area contributed by atoms with Crippen LogP contribution >= 0.6 is 0 Å². The van der Waals surface area contributed by atoms with Crippen molar-refractivity contribution < 1.29 is 18.4 Å². The fourth-order valence-corrected chi connectivity index (χ4v) is 2.67. The lowest BCUT2D eigenvalue weighted by Gasteiger charge is -2.23. The Labute approximate surface area is 114 Å². The van der Waals surface area contributed by atoms with Crippen molar-refractivity contribution in [1.29, 1.82) is 0 Å². The van der Waals surface area contributed by atoms with Crippen molar-refractivity contribution in [2.75, 3.05) is 6.54 Å². The Morgan fingerprint density at radius 2 is 2.20 bits per heavy atom. The summed E-state index contributed by atoms with van der Waals surface area (Å²) < 4.78 is 32.0. The molecule has 106 valence electrons. The number of hydrogen-bond donors (Lipinski definition) is 1. The van der Waals surface area contributed by atoms with Gasteiger partial charge in [-0.25, -0.2) is 8.78 Å². The van der Waals surface area contributed by atoms with Gasteiger partial charge in [0.15, 0.2) is 0 Å². The van der Waals surface area contributed by atoms with Gasteiger partial charge < -0.3 is 9.63 Å². The molecule has 2 aromatic rings. The number of hydrogen-bond acceptors (Lipinski definition) is 4. The summed E-state index contributed by atoms with van der Waals surface area (Å²) in [6.45, 7) is 0.821. The zero-order valence-corrected chi connectivity index (χ0v) is 10.7. The zero-order valence-electron chi connectivity index (χ0n) is 10.7. The van der Waals surface area contributed by atoms with E-state index in [1.54, 1.807) is 6.07 Å². The summed E-state index contributed by atoms with van der Waals surface area (Å²) in [7, 11) is 0. The summed E-state index contributed by atoms with van der Waals surface area (Å²) in [4.78, 5) is 1.88. The second-order valence-electron chi connectivity index (χ2n) is 4.99. The Morgan fingerprint density at radius 1 is 1.35 bits per heavy atom. The minimum absolute atomic E-state index is 0.269. The molecule has 1 aromatic heterocycles. The SMILES string of the molecule is O[C@@H]1C[C@@H](c2cc(F)ccc2F)N(Cc2ccon2)C1. The van der Waals surface area contributed by atoms with Gasteiger partial charge in [-0.3, -0.25) is 4.90 Å². The summed E-state index contributed by atoms with van der Waals surface area (Å²) in [6, 6.07) is 4.74. The first kappa shape index (κ1) is 13.2. The Hall–Kier alpha value is -1.79. The number of rotatable bonds is 3. The molecule has 20 heavy (non-hydrogen) atoms. The lowest BCUT2D eigenvalue weighted by atomic mass is 10.0. The smallest absolute Gasteiger partial charge is 0.128 e. The topological polar surface area (TPSA) is 49.5 Å². The Kier molecular flexibility index (Phi) is 3.50. The molecule has 0 bridgehead atoms. The molecule has 1 saturated heterocycles. The standard InChI is InChI=1S/C14H14F2N2O2/c15-9-1-2-13(16)12(5-9)14-6-11(19)8-18(14)7-10-3-4-20-17-10/h1-5,11,14,19H,6-8H2/t11-,14+/m1/s1. The van der Waals surface area contributed by atoms with E-state index in [2.05, 4.69) is 5.16 Å². The van der Waals surface area contributed by atoms with E-state index in [1.807, 2.05) is 4.90 Å². The van der Waals surface area contributed by atoms with Crippen molar-refractivity contribution in [3.8, 4) is 0 Å². The third-order valence-electron chi connectivity index (χ3n) is 3.55. The number of aromatic nitrogens is 1. The summed E-state index contributed by atoms with van der Waals surface area (Å²) in [6.07, 6.45) is 1.27. The quantitative estimate of drug-likeness (QED) is 0.937. The van der Waals surface area contributed by atoms with E-state index in [1.165, 1.54) is 12.3 Å². The molecule has 0 aliphatic carbocycles. The molecular formula is C14H14F2N2O2. The van der Waals surface area contributed by atoms with Crippen LogP contribution in [0.1, 0.15) is 23.7 Å². The second-order valence-corrected chi connectivity index (χ2v) is 4.99. The van der Waals surface area contributed by atoms with Crippen molar-refractivity contribution in [2.24, 2.45) is 0 Å². The fraction of sp³-hybridized carbons (Fsp3) is 0.357. The van der Waals surface area contributed by atoms with Crippen molar-refractivity contribution >= 4 is 0 Å². The highest BCUT2D eigenvalue weighted by Gasteiger charge is 2.34. The van der Waals surface area contributed by atoms with Crippen LogP contribution in [0.25, 0.3) is 0 Å². The van der Waals surface area contributed by atoms with Gasteiger partial charge in [0, 0.05) is 30.8 Å². The molecule has 1 aliphatic heterocycles. The van der Waals surface area contributed by atoms with Crippen LogP contribution in [0.4, 0.5) is 8.78 Å². The van der Waals surface area contributed by atoms with Crippen LogP contribution in [0, 0.1) is 11.6 Å². The van der Waals surface area contributed by atoms with Gasteiger partial charge in [-0.1, -0.05) is 5.16 Å². The third-order valence-corrected chi connectivity index (χ3v) is 3.55. The third kappa shape index (κ3) is 2.57. The van der Waals surface area contributed by atoms with Crippen molar-refractivity contribution in [3.63, 3.8) is 0 Å². The maximum Gasteiger partial charge on any atom is 0.128 e. The normalized spacial score (nSPS) is 23.4. The van der Waals surface area contributed by atoms with E-state index in [9.17, 15) is 13.9 Å². The van der Waals surface area contributed by atoms with Crippen molar-refractivity contribution in [2.45, 2.75) is 25.1 Å². The molecule has 3 rings (SSSR count). The molecule has 6 heteroatoms. The van der Waals surface area contributed by atoms with Crippen molar-refractivity contribution in [1.82, 2.24) is 10.1 Å². The van der Waals surface area contributed by atoms with Crippen LogP contribution in [0.2, 0.25) is 0 Å². The number of nitrogens with zero attached hydrogens (tertiary/aromatic N) is 2. The number of β-amino-alcohol motifs (C(OH)–C–C–N with tert-alkyl or cyclic N) is 1. The van der Waals surface area contributed by atoms with E-state index in [0.29, 0.717) is 25.2 Å². The van der Waals surface area contributed by atoms with Gasteiger partial charge >= 0.3 is 0 Å². The maximum absolute atomic E-state index is 13.9. The molecule has 2 atom stereocenters. The number of likely N-dealkylation sites (tertiary alicyclic amines) is 1. The van der Waals surface area contributed by atoms with E-state index < -0.39 is 17.7 Å². The number of halogens is 2. The second kappa shape index (κ2) is 5.30. The van der Waals surface area contributed by atoms with Crippen LogP contribution in [0.15, 0.2) is 35.1 Å². The lowest BCUT2D eigenvalue weighted by molar-refractivity contribution is 0.171. The molecule has 1 fully saturated rings. The average molecular weight is 280 g/mol. The van der Waals surface area contributed by atoms with Crippen LogP contribution < -0.4 is 0 Å². The molecule has 4 nitrogen and oxygen atoms in total. The zero-order chi connectivity index (χ0) is 14.1. The van der Waals surface area contributed by atoms with Crippen LogP contribution in [-0.4, -0.2) is 27.8 Å². The van der Waals surface area contributed by atoms with Gasteiger partial charge in [0.25, 0.3) is 0 Å². The molecule has 1 N–H and O–H groups in total. The molecular weight excluding hydrogens is 266 g/mol. The van der Waals surface area contributed by atoms with E-state index in [-0.39, 0.29) is 11.6 Å². The summed E-state index contributed by atoms with van der Waals surface area (Å²) in [5.74, 6) is -0.945. The van der Waals surface area contributed by atoms with Gasteiger partial charge in [-0.15, -0.1) is 0 Å². The average Bonchev–Trinajstić information content (AvgIpc) is 3.03. The first-order valence-electron chi connectivity index (χ1n) is 6.40. The van der Waals surface area contributed by atoms with Crippen LogP contribution in [0.3, 0.4) is 0 Å². The minimum Gasteiger partial charge on any atom is -0.392 e. The monoisotopic (exact) mass is 280 g/mol. The maximum atomic E-state index is 13.9. The Morgan fingerprint density at radius 3 is 2.95 bits per heavy atom. The number of benzene rings is 1. The van der Waals surface area contributed by atoms with Gasteiger partial charge in [0.1, 0.15) is 17.9 Å². The van der Waals surface area contributed by atoms with E-state index in [4.69, 9.17) is 4.52 Å². The molecule has 0 unspecified atom stereocenters. The molecule has 1 aliphatic rings.